The number of aromatic amines is 1. The minimum absolute atomic E-state index is 0. The van der Waals surface area contributed by atoms with Crippen LogP contribution >= 0.6 is 24.0 Å². The molecule has 0 aliphatic rings. The lowest BCUT2D eigenvalue weighted by molar-refractivity contribution is 0.414. The van der Waals surface area contributed by atoms with Crippen LogP contribution in [0.3, 0.4) is 0 Å². The molecule has 0 unspecified atom stereocenters. The van der Waals surface area contributed by atoms with Gasteiger partial charge in [-0.05, 0) is 42.2 Å². The number of aromatic nitrogens is 1. The highest BCUT2D eigenvalue weighted by molar-refractivity contribution is 14.0. The molecule has 0 amide bonds. The van der Waals surface area contributed by atoms with E-state index in [4.69, 9.17) is 4.74 Å². The van der Waals surface area contributed by atoms with Gasteiger partial charge in [0, 0.05) is 37.2 Å². The number of halogens is 1. The number of hydrogen-bond acceptors (Lipinski definition) is 2. The zero-order valence-corrected chi connectivity index (χ0v) is 18.3. The van der Waals surface area contributed by atoms with Crippen molar-refractivity contribution in [1.29, 1.82) is 0 Å². The fraction of sp³-hybridized carbons (Fsp3) is 0.286. The largest absolute Gasteiger partial charge is 0.497 e. The number of aliphatic imine (C=N–C) groups is 1. The molecular formula is C21H27IN4O. The number of para-hydroxylation sites is 1. The van der Waals surface area contributed by atoms with Gasteiger partial charge in [-0.2, -0.15) is 0 Å². The average molecular weight is 478 g/mol. The normalized spacial score (nSPS) is 11.1. The molecule has 0 bridgehead atoms. The van der Waals surface area contributed by atoms with E-state index in [1.165, 1.54) is 27.6 Å². The van der Waals surface area contributed by atoms with Gasteiger partial charge in [0.1, 0.15) is 5.75 Å². The molecule has 0 aliphatic carbocycles. The number of benzene rings is 2. The van der Waals surface area contributed by atoms with Crippen molar-refractivity contribution < 1.29 is 4.74 Å². The molecule has 0 saturated carbocycles. The van der Waals surface area contributed by atoms with Crippen molar-refractivity contribution in [2.45, 2.75) is 19.9 Å². The SMILES string of the molecule is CN=C(NCCc1c[nH]c2c(C)cccc12)NCc1ccc(OC)cc1.I. The van der Waals surface area contributed by atoms with Gasteiger partial charge in [-0.25, -0.2) is 0 Å². The lowest BCUT2D eigenvalue weighted by atomic mass is 10.1. The summed E-state index contributed by atoms with van der Waals surface area (Å²) in [6, 6.07) is 14.4. The number of aryl methyl sites for hydroxylation is 1. The first-order valence-electron chi connectivity index (χ1n) is 8.84. The lowest BCUT2D eigenvalue weighted by Crippen LogP contribution is -2.37. The zero-order chi connectivity index (χ0) is 18.4. The number of guanidine groups is 1. The summed E-state index contributed by atoms with van der Waals surface area (Å²) in [5.74, 6) is 1.67. The van der Waals surface area contributed by atoms with Gasteiger partial charge in [0.15, 0.2) is 5.96 Å². The number of nitrogens with zero attached hydrogens (tertiary/aromatic N) is 1. The molecule has 1 aromatic heterocycles. The maximum atomic E-state index is 5.18. The highest BCUT2D eigenvalue weighted by Crippen LogP contribution is 2.21. The summed E-state index contributed by atoms with van der Waals surface area (Å²) in [6.07, 6.45) is 3.04. The Morgan fingerprint density at radius 3 is 2.59 bits per heavy atom. The number of H-pyrrole nitrogens is 1. The smallest absolute Gasteiger partial charge is 0.191 e. The molecule has 3 N–H and O–H groups in total. The molecule has 5 nitrogen and oxygen atoms in total. The third kappa shape index (κ3) is 5.38. The number of fused-ring (bicyclic) bond motifs is 1. The molecule has 27 heavy (non-hydrogen) atoms. The fourth-order valence-electron chi connectivity index (χ4n) is 3.04. The molecule has 0 fully saturated rings. The van der Waals surface area contributed by atoms with Crippen LogP contribution < -0.4 is 15.4 Å². The number of nitrogens with one attached hydrogen (secondary N) is 3. The Labute approximate surface area is 177 Å². The van der Waals surface area contributed by atoms with Gasteiger partial charge in [-0.1, -0.05) is 30.3 Å². The van der Waals surface area contributed by atoms with Crippen LogP contribution in [-0.4, -0.2) is 31.6 Å². The molecule has 144 valence electrons. The van der Waals surface area contributed by atoms with E-state index in [0.29, 0.717) is 0 Å². The van der Waals surface area contributed by atoms with Crippen molar-refractivity contribution in [3.8, 4) is 5.75 Å². The summed E-state index contributed by atoms with van der Waals surface area (Å²) >= 11 is 0. The maximum Gasteiger partial charge on any atom is 0.191 e. The van der Waals surface area contributed by atoms with Crippen molar-refractivity contribution in [2.24, 2.45) is 4.99 Å². The fourth-order valence-corrected chi connectivity index (χ4v) is 3.04. The van der Waals surface area contributed by atoms with E-state index in [-0.39, 0.29) is 24.0 Å². The van der Waals surface area contributed by atoms with E-state index < -0.39 is 0 Å². The van der Waals surface area contributed by atoms with Crippen LogP contribution in [0.2, 0.25) is 0 Å². The summed E-state index contributed by atoms with van der Waals surface area (Å²) in [5, 5.41) is 8.02. The number of methoxy groups -OCH3 is 1. The van der Waals surface area contributed by atoms with Gasteiger partial charge in [0.25, 0.3) is 0 Å². The van der Waals surface area contributed by atoms with Crippen LogP contribution in [0.15, 0.2) is 53.7 Å². The molecule has 0 aliphatic heterocycles. The summed E-state index contributed by atoms with van der Waals surface area (Å²) in [7, 11) is 3.46. The Hall–Kier alpha value is -2.22. The first-order valence-corrected chi connectivity index (χ1v) is 8.84. The number of rotatable bonds is 6. The maximum absolute atomic E-state index is 5.18. The Morgan fingerprint density at radius 2 is 1.89 bits per heavy atom. The summed E-state index contributed by atoms with van der Waals surface area (Å²) in [6.45, 7) is 3.67. The van der Waals surface area contributed by atoms with Crippen LogP contribution in [0.1, 0.15) is 16.7 Å². The van der Waals surface area contributed by atoms with Gasteiger partial charge in [0.05, 0.1) is 7.11 Å². The molecule has 3 rings (SSSR count). The van der Waals surface area contributed by atoms with Gasteiger partial charge in [-0.3, -0.25) is 4.99 Å². The minimum atomic E-state index is 0. The molecule has 0 saturated heterocycles. The predicted molar refractivity (Wildman–Crippen MR) is 123 cm³/mol. The Balaban J connectivity index is 0.00000261. The predicted octanol–water partition coefficient (Wildman–Crippen LogP) is 4.01. The van der Waals surface area contributed by atoms with Crippen LogP contribution in [0, 0.1) is 6.92 Å². The van der Waals surface area contributed by atoms with Crippen LogP contribution in [-0.2, 0) is 13.0 Å². The highest BCUT2D eigenvalue weighted by atomic mass is 127. The molecule has 6 heteroatoms. The third-order valence-corrected chi connectivity index (χ3v) is 4.54. The second-order valence-electron chi connectivity index (χ2n) is 6.26. The van der Waals surface area contributed by atoms with Crippen LogP contribution in [0.4, 0.5) is 0 Å². The highest BCUT2D eigenvalue weighted by Gasteiger charge is 2.05. The molecule has 0 radical (unpaired) electrons. The Bertz CT molecular complexity index is 887. The van der Waals surface area contributed by atoms with E-state index >= 15 is 0 Å². The van der Waals surface area contributed by atoms with Crippen LogP contribution in [0.25, 0.3) is 10.9 Å². The minimum Gasteiger partial charge on any atom is -0.497 e. The van der Waals surface area contributed by atoms with Crippen LogP contribution in [0.5, 0.6) is 5.75 Å². The molecule has 0 spiro atoms. The van der Waals surface area contributed by atoms with Crippen molar-refractivity contribution in [2.75, 3.05) is 20.7 Å². The van der Waals surface area contributed by atoms with E-state index in [0.717, 1.165) is 31.2 Å². The first kappa shape index (κ1) is 21.1. The lowest BCUT2D eigenvalue weighted by Gasteiger charge is -2.12. The van der Waals surface area contributed by atoms with E-state index in [1.54, 1.807) is 14.2 Å². The van der Waals surface area contributed by atoms with Gasteiger partial charge in [-0.15, -0.1) is 24.0 Å². The molecule has 3 aromatic rings. The third-order valence-electron chi connectivity index (χ3n) is 4.54. The van der Waals surface area contributed by atoms with Crippen molar-refractivity contribution in [3.63, 3.8) is 0 Å². The molecule has 2 aromatic carbocycles. The summed E-state index contributed by atoms with van der Waals surface area (Å²) < 4.78 is 5.18. The topological polar surface area (TPSA) is 61.4 Å². The van der Waals surface area contributed by atoms with Gasteiger partial charge in [0.2, 0.25) is 0 Å². The van der Waals surface area contributed by atoms with E-state index in [1.807, 2.05) is 24.3 Å². The first-order chi connectivity index (χ1) is 12.7. The second-order valence-corrected chi connectivity index (χ2v) is 6.26. The zero-order valence-electron chi connectivity index (χ0n) is 16.0. The van der Waals surface area contributed by atoms with Gasteiger partial charge >= 0.3 is 0 Å². The molecule has 1 heterocycles. The van der Waals surface area contributed by atoms with Crippen molar-refractivity contribution in [3.05, 3.63) is 65.4 Å². The second kappa shape index (κ2) is 10.2. The molecular weight excluding hydrogens is 451 g/mol. The molecule has 0 atom stereocenters. The number of hydrogen-bond donors (Lipinski definition) is 3. The van der Waals surface area contributed by atoms with E-state index in [9.17, 15) is 0 Å². The standard InChI is InChI=1S/C21H26N4O.HI/c1-15-5-4-6-19-17(14-24-20(15)19)11-12-23-21(22-2)25-13-16-7-9-18(26-3)10-8-16;/h4-10,14,24H,11-13H2,1-3H3,(H2,22,23,25);1H. The van der Waals surface area contributed by atoms with Gasteiger partial charge < -0.3 is 20.4 Å². The average Bonchev–Trinajstić information content (AvgIpc) is 3.09. The monoisotopic (exact) mass is 478 g/mol. The summed E-state index contributed by atoms with van der Waals surface area (Å²) in [4.78, 5) is 7.67. The van der Waals surface area contributed by atoms with E-state index in [2.05, 4.69) is 51.9 Å². The van der Waals surface area contributed by atoms with Crippen molar-refractivity contribution in [1.82, 2.24) is 15.6 Å². The Morgan fingerprint density at radius 1 is 1.11 bits per heavy atom. The van der Waals surface area contributed by atoms with Crippen molar-refractivity contribution >= 4 is 40.8 Å². The Kier molecular flexibility index (Phi) is 7.97. The number of ether oxygens (including phenoxy) is 1. The quantitative estimate of drug-likeness (QED) is 0.285. The summed E-state index contributed by atoms with van der Waals surface area (Å²) in [5.41, 5.74) is 5.01.